The van der Waals surface area contributed by atoms with E-state index in [4.69, 9.17) is 5.73 Å². The Kier molecular flexibility index (Phi) is 3.58. The minimum absolute atomic E-state index is 0.137. The van der Waals surface area contributed by atoms with Gasteiger partial charge in [-0.3, -0.25) is 4.79 Å². The zero-order valence-electron chi connectivity index (χ0n) is 11.8. The van der Waals surface area contributed by atoms with Crippen LogP contribution in [0.4, 0.5) is 4.79 Å². The number of amides is 3. The van der Waals surface area contributed by atoms with E-state index in [0.717, 1.165) is 32.3 Å². The lowest BCUT2D eigenvalue weighted by molar-refractivity contribution is -0.112. The van der Waals surface area contributed by atoms with Crippen LogP contribution < -0.4 is 16.4 Å². The van der Waals surface area contributed by atoms with Gasteiger partial charge in [-0.1, -0.05) is 0 Å². The van der Waals surface area contributed by atoms with E-state index < -0.39 is 0 Å². The number of nitrogens with one attached hydrogen (secondary N) is 2. The van der Waals surface area contributed by atoms with Crippen molar-refractivity contribution in [2.45, 2.75) is 56.7 Å². The third-order valence-corrected chi connectivity index (χ3v) is 5.09. The summed E-state index contributed by atoms with van der Waals surface area (Å²) in [6.45, 7) is 1.90. The molecule has 112 valence electrons. The first-order chi connectivity index (χ1) is 9.60. The summed E-state index contributed by atoms with van der Waals surface area (Å²) in [6.07, 6.45) is 7.79. The summed E-state index contributed by atoms with van der Waals surface area (Å²) in [6, 6.07) is 1.48. The van der Waals surface area contributed by atoms with Crippen LogP contribution in [0.25, 0.3) is 0 Å². The number of carbonyl (C=O) groups is 2. The van der Waals surface area contributed by atoms with Crippen molar-refractivity contribution in [2.24, 2.45) is 11.1 Å². The van der Waals surface area contributed by atoms with Crippen LogP contribution in [0.15, 0.2) is 0 Å². The highest BCUT2D eigenvalue weighted by molar-refractivity contribution is 5.77. The molecule has 4 aliphatic rings. The van der Waals surface area contributed by atoms with Crippen molar-refractivity contribution >= 4 is 12.4 Å². The second-order valence-electron chi connectivity index (χ2n) is 6.79. The Bertz CT molecular complexity index is 387. The van der Waals surface area contributed by atoms with Gasteiger partial charge in [0.2, 0.25) is 6.41 Å². The number of piperidine rings is 1. The van der Waals surface area contributed by atoms with Gasteiger partial charge in [-0.15, -0.1) is 0 Å². The van der Waals surface area contributed by atoms with Crippen molar-refractivity contribution < 1.29 is 9.59 Å². The number of urea groups is 1. The lowest BCUT2D eigenvalue weighted by atomic mass is 9.52. The summed E-state index contributed by atoms with van der Waals surface area (Å²) in [7, 11) is 0. The molecule has 2 saturated carbocycles. The van der Waals surface area contributed by atoms with Crippen molar-refractivity contribution in [2.75, 3.05) is 13.1 Å². The van der Waals surface area contributed by atoms with E-state index in [1.807, 2.05) is 4.90 Å². The first-order valence-corrected chi connectivity index (χ1v) is 7.61. The molecule has 0 unspecified atom stereocenters. The van der Waals surface area contributed by atoms with Crippen molar-refractivity contribution in [3.8, 4) is 0 Å². The standard InChI is InChI=1S/C8H14N2O.C6H10N2O/c9-6-1-8(2-6)3-7(4-8)10-5-11;9-6-7-5-2-1-3-8(6)4-5/h5-7H,1-4,9H2,(H,10,11);5H,1-4H2,(H,7,9)/t;5-/m.1/s1. The summed E-state index contributed by atoms with van der Waals surface area (Å²) in [5.41, 5.74) is 6.23. The molecule has 2 aliphatic heterocycles. The van der Waals surface area contributed by atoms with Gasteiger partial charge in [-0.2, -0.15) is 0 Å². The first-order valence-electron chi connectivity index (χ1n) is 7.61. The number of nitrogens with zero attached hydrogens (tertiary/aromatic N) is 1. The average molecular weight is 280 g/mol. The van der Waals surface area contributed by atoms with Gasteiger partial charge in [-0.05, 0) is 43.9 Å². The molecule has 2 aliphatic carbocycles. The van der Waals surface area contributed by atoms with Crippen molar-refractivity contribution in [1.29, 1.82) is 0 Å². The number of fused-ring (bicyclic) bond motifs is 2. The maximum Gasteiger partial charge on any atom is 0.317 e. The van der Waals surface area contributed by atoms with Crippen molar-refractivity contribution in [3.05, 3.63) is 0 Å². The molecule has 4 fully saturated rings. The maximum absolute atomic E-state index is 10.9. The highest BCUT2D eigenvalue weighted by atomic mass is 16.2. The lowest BCUT2D eigenvalue weighted by Gasteiger charge is -2.56. The topological polar surface area (TPSA) is 87.5 Å². The summed E-state index contributed by atoms with van der Waals surface area (Å²) < 4.78 is 0. The highest BCUT2D eigenvalue weighted by Crippen LogP contribution is 2.55. The molecular weight excluding hydrogens is 256 g/mol. The Balaban J connectivity index is 0.000000123. The molecule has 6 nitrogen and oxygen atoms in total. The molecule has 4 N–H and O–H groups in total. The van der Waals surface area contributed by atoms with Crippen LogP contribution in [-0.2, 0) is 4.79 Å². The predicted octanol–water partition coefficient (Wildman–Crippen LogP) is 0.176. The summed E-state index contributed by atoms with van der Waals surface area (Å²) in [4.78, 5) is 22.8. The van der Waals surface area contributed by atoms with Crippen LogP contribution in [-0.4, -0.2) is 48.6 Å². The van der Waals surface area contributed by atoms with E-state index in [-0.39, 0.29) is 6.03 Å². The fourth-order valence-corrected chi connectivity index (χ4v) is 4.13. The Hall–Kier alpha value is -1.30. The summed E-state index contributed by atoms with van der Waals surface area (Å²) in [5.74, 6) is 0. The molecule has 0 aromatic heterocycles. The normalized spacial score (nSPS) is 41.0. The van der Waals surface area contributed by atoms with E-state index in [1.165, 1.54) is 25.7 Å². The average Bonchev–Trinajstić information content (AvgIpc) is 2.59. The molecule has 20 heavy (non-hydrogen) atoms. The monoisotopic (exact) mass is 280 g/mol. The van der Waals surface area contributed by atoms with Gasteiger partial charge in [-0.25, -0.2) is 4.79 Å². The third kappa shape index (κ3) is 2.61. The van der Waals surface area contributed by atoms with Gasteiger partial charge in [0.15, 0.2) is 0 Å². The Morgan fingerprint density at radius 2 is 2.10 bits per heavy atom. The molecule has 1 spiro atoms. The number of carbonyl (C=O) groups excluding carboxylic acids is 2. The van der Waals surface area contributed by atoms with Crippen LogP contribution in [0.3, 0.4) is 0 Å². The summed E-state index contributed by atoms with van der Waals surface area (Å²) >= 11 is 0. The largest absolute Gasteiger partial charge is 0.356 e. The Morgan fingerprint density at radius 1 is 1.35 bits per heavy atom. The second-order valence-corrected chi connectivity index (χ2v) is 6.79. The first kappa shape index (κ1) is 13.7. The SMILES string of the molecule is NC1CC2(C1)CC(NC=O)C2.O=C1N[C@@H]2CCCN1C2. The fraction of sp³-hybridized carbons (Fsp3) is 0.857. The van der Waals surface area contributed by atoms with Crippen molar-refractivity contribution in [3.63, 3.8) is 0 Å². The molecular formula is C14H24N4O2. The number of rotatable bonds is 2. The van der Waals surface area contributed by atoms with Crippen LogP contribution in [0, 0.1) is 5.41 Å². The van der Waals surface area contributed by atoms with E-state index in [0.29, 0.717) is 23.5 Å². The fourth-order valence-electron chi connectivity index (χ4n) is 4.13. The van der Waals surface area contributed by atoms with Gasteiger partial charge in [0.1, 0.15) is 0 Å². The van der Waals surface area contributed by atoms with Gasteiger partial charge in [0.25, 0.3) is 0 Å². The van der Waals surface area contributed by atoms with E-state index in [9.17, 15) is 9.59 Å². The minimum Gasteiger partial charge on any atom is -0.356 e. The third-order valence-electron chi connectivity index (χ3n) is 5.09. The van der Waals surface area contributed by atoms with Gasteiger partial charge >= 0.3 is 6.03 Å². The molecule has 4 rings (SSSR count). The van der Waals surface area contributed by atoms with Gasteiger partial charge in [0.05, 0.1) is 0 Å². The van der Waals surface area contributed by atoms with Crippen LogP contribution in [0.1, 0.15) is 38.5 Å². The van der Waals surface area contributed by atoms with Crippen LogP contribution in [0.2, 0.25) is 0 Å². The van der Waals surface area contributed by atoms with Crippen LogP contribution in [0.5, 0.6) is 0 Å². The quantitative estimate of drug-likeness (QED) is 0.630. The van der Waals surface area contributed by atoms with E-state index in [1.54, 1.807) is 0 Å². The Morgan fingerprint density at radius 3 is 2.65 bits per heavy atom. The maximum atomic E-state index is 10.9. The second kappa shape index (κ2) is 5.24. The smallest absolute Gasteiger partial charge is 0.317 e. The molecule has 3 amide bonds. The molecule has 0 aromatic rings. The predicted molar refractivity (Wildman–Crippen MR) is 75.0 cm³/mol. The minimum atomic E-state index is 0.137. The molecule has 2 bridgehead atoms. The zero-order valence-corrected chi connectivity index (χ0v) is 11.8. The zero-order chi connectivity index (χ0) is 14.2. The number of hydrogen-bond donors (Lipinski definition) is 3. The Labute approximate surface area is 119 Å². The molecule has 2 heterocycles. The van der Waals surface area contributed by atoms with E-state index >= 15 is 0 Å². The van der Waals surface area contributed by atoms with Crippen molar-refractivity contribution in [1.82, 2.24) is 15.5 Å². The number of hydrogen-bond acceptors (Lipinski definition) is 3. The van der Waals surface area contributed by atoms with Crippen LogP contribution >= 0.6 is 0 Å². The van der Waals surface area contributed by atoms with E-state index in [2.05, 4.69) is 10.6 Å². The molecule has 0 radical (unpaired) electrons. The molecule has 1 atom stereocenters. The molecule has 6 heteroatoms. The lowest BCUT2D eigenvalue weighted by Crippen LogP contribution is -2.58. The van der Waals surface area contributed by atoms with Gasteiger partial charge in [0, 0.05) is 31.2 Å². The van der Waals surface area contributed by atoms with Gasteiger partial charge < -0.3 is 21.3 Å². The highest BCUT2D eigenvalue weighted by Gasteiger charge is 2.51. The molecule has 2 saturated heterocycles. The molecule has 0 aromatic carbocycles. The number of nitrogens with two attached hydrogens (primary N) is 1. The summed E-state index contributed by atoms with van der Waals surface area (Å²) in [5, 5.41) is 5.70.